The van der Waals surface area contributed by atoms with Crippen LogP contribution in [0, 0.1) is 17.3 Å². The molecule has 0 heterocycles. The van der Waals surface area contributed by atoms with Gasteiger partial charge in [-0.1, -0.05) is 43.1 Å². The van der Waals surface area contributed by atoms with Crippen LogP contribution in [0.15, 0.2) is 24.3 Å². The summed E-state index contributed by atoms with van der Waals surface area (Å²) in [5.74, 6) is 1.89. The maximum Gasteiger partial charge on any atom is 0.0438 e. The molecular formula is C18H26ClN. The summed E-state index contributed by atoms with van der Waals surface area (Å²) < 4.78 is 0. The maximum atomic E-state index is 6.41. The van der Waals surface area contributed by atoms with E-state index in [0.29, 0.717) is 5.41 Å². The highest BCUT2D eigenvalue weighted by Crippen LogP contribution is 2.57. The molecule has 2 fully saturated rings. The average molecular weight is 292 g/mol. The topological polar surface area (TPSA) is 12.0 Å². The van der Waals surface area contributed by atoms with Crippen molar-refractivity contribution in [3.8, 4) is 0 Å². The molecule has 0 aromatic heterocycles. The van der Waals surface area contributed by atoms with Crippen LogP contribution in [-0.2, 0) is 6.42 Å². The first-order valence-electron chi connectivity index (χ1n) is 8.17. The second-order valence-electron chi connectivity index (χ2n) is 6.89. The minimum Gasteiger partial charge on any atom is -0.316 e. The molecule has 0 radical (unpaired) electrons. The molecule has 2 aliphatic rings. The predicted molar refractivity (Wildman–Crippen MR) is 86.2 cm³/mol. The fraction of sp³-hybridized carbons (Fsp3) is 0.667. The van der Waals surface area contributed by atoms with Crippen LogP contribution in [0.4, 0.5) is 0 Å². The van der Waals surface area contributed by atoms with Crippen LogP contribution in [-0.4, -0.2) is 13.1 Å². The molecule has 2 heteroatoms. The Balaban J connectivity index is 1.78. The lowest BCUT2D eigenvalue weighted by molar-refractivity contribution is 0.156. The second kappa shape index (κ2) is 6.07. The molecule has 0 saturated heterocycles. The van der Waals surface area contributed by atoms with E-state index in [-0.39, 0.29) is 0 Å². The molecule has 1 aromatic rings. The Hall–Kier alpha value is -0.530. The van der Waals surface area contributed by atoms with Crippen molar-refractivity contribution in [1.82, 2.24) is 5.32 Å². The fourth-order valence-corrected chi connectivity index (χ4v) is 4.79. The van der Waals surface area contributed by atoms with Gasteiger partial charge >= 0.3 is 0 Å². The van der Waals surface area contributed by atoms with E-state index in [0.717, 1.165) is 29.8 Å². The minimum absolute atomic E-state index is 0.461. The normalized spacial score (nSPS) is 31.9. The maximum absolute atomic E-state index is 6.41. The molecule has 3 atom stereocenters. The standard InChI is InChI=1S/C18H26ClN/c1-2-9-20-13-18(11-14-7-8-16(18)10-14)12-15-5-3-4-6-17(15)19/h3-6,14,16,20H,2,7-13H2,1H3. The predicted octanol–water partition coefficient (Wildman–Crippen LogP) is 4.69. The Bertz CT molecular complexity index is 458. The smallest absolute Gasteiger partial charge is 0.0438 e. The largest absolute Gasteiger partial charge is 0.316 e. The van der Waals surface area contributed by atoms with Crippen LogP contribution in [0.5, 0.6) is 0 Å². The molecule has 1 N–H and O–H groups in total. The number of halogens is 1. The average Bonchev–Trinajstić information content (AvgIpc) is 3.03. The highest BCUT2D eigenvalue weighted by atomic mass is 35.5. The fourth-order valence-electron chi connectivity index (χ4n) is 4.59. The van der Waals surface area contributed by atoms with Crippen molar-refractivity contribution in [2.24, 2.45) is 17.3 Å². The Morgan fingerprint density at radius 2 is 2.15 bits per heavy atom. The van der Waals surface area contributed by atoms with E-state index in [1.54, 1.807) is 0 Å². The van der Waals surface area contributed by atoms with Crippen molar-refractivity contribution in [2.45, 2.75) is 45.4 Å². The van der Waals surface area contributed by atoms with Gasteiger partial charge in [0, 0.05) is 11.6 Å². The number of rotatable bonds is 6. The molecule has 0 aliphatic heterocycles. The van der Waals surface area contributed by atoms with Gasteiger partial charge in [0.2, 0.25) is 0 Å². The monoisotopic (exact) mass is 291 g/mol. The summed E-state index contributed by atoms with van der Waals surface area (Å²) in [6.45, 7) is 4.56. The zero-order valence-corrected chi connectivity index (χ0v) is 13.3. The molecule has 2 bridgehead atoms. The molecule has 2 aliphatic carbocycles. The Kier molecular flexibility index (Phi) is 4.37. The molecule has 0 spiro atoms. The van der Waals surface area contributed by atoms with Crippen LogP contribution in [0.25, 0.3) is 0 Å². The van der Waals surface area contributed by atoms with Gasteiger partial charge in [0.15, 0.2) is 0 Å². The van der Waals surface area contributed by atoms with Crippen molar-refractivity contribution in [3.63, 3.8) is 0 Å². The Morgan fingerprint density at radius 3 is 2.80 bits per heavy atom. The summed E-state index contributed by atoms with van der Waals surface area (Å²) in [6.07, 6.45) is 8.13. The highest BCUT2D eigenvalue weighted by Gasteiger charge is 2.50. The number of hydrogen-bond donors (Lipinski definition) is 1. The molecule has 0 amide bonds. The van der Waals surface area contributed by atoms with Crippen molar-refractivity contribution in [1.29, 1.82) is 0 Å². The van der Waals surface area contributed by atoms with Gasteiger partial charge < -0.3 is 5.32 Å². The number of hydrogen-bond acceptors (Lipinski definition) is 1. The van der Waals surface area contributed by atoms with Gasteiger partial charge in [-0.3, -0.25) is 0 Å². The van der Waals surface area contributed by atoms with Gasteiger partial charge in [-0.2, -0.15) is 0 Å². The molecule has 20 heavy (non-hydrogen) atoms. The van der Waals surface area contributed by atoms with Crippen LogP contribution >= 0.6 is 11.6 Å². The summed E-state index contributed by atoms with van der Waals surface area (Å²) >= 11 is 6.41. The SMILES string of the molecule is CCCNCC1(Cc2ccccc2Cl)CC2CCC1C2. The lowest BCUT2D eigenvalue weighted by Gasteiger charge is -2.38. The van der Waals surface area contributed by atoms with Gasteiger partial charge in [-0.25, -0.2) is 0 Å². The summed E-state index contributed by atoms with van der Waals surface area (Å²) in [7, 11) is 0. The molecule has 1 aromatic carbocycles. The Morgan fingerprint density at radius 1 is 1.30 bits per heavy atom. The van der Waals surface area contributed by atoms with E-state index in [2.05, 4.69) is 24.4 Å². The molecule has 3 rings (SSSR count). The van der Waals surface area contributed by atoms with E-state index < -0.39 is 0 Å². The molecule has 3 unspecified atom stereocenters. The Labute approximate surface area is 128 Å². The lowest BCUT2D eigenvalue weighted by atomic mass is 9.69. The van der Waals surface area contributed by atoms with Gasteiger partial charge in [0.1, 0.15) is 0 Å². The van der Waals surface area contributed by atoms with Gasteiger partial charge in [-0.15, -0.1) is 0 Å². The number of nitrogens with one attached hydrogen (secondary N) is 1. The zero-order valence-electron chi connectivity index (χ0n) is 12.5. The third-order valence-corrected chi connectivity index (χ3v) is 5.88. The van der Waals surface area contributed by atoms with Crippen molar-refractivity contribution in [2.75, 3.05) is 13.1 Å². The molecule has 1 nitrogen and oxygen atoms in total. The minimum atomic E-state index is 0.461. The quantitative estimate of drug-likeness (QED) is 0.750. The first kappa shape index (κ1) is 14.4. The van der Waals surface area contributed by atoms with E-state index in [1.165, 1.54) is 44.2 Å². The molecule has 2 saturated carbocycles. The van der Waals surface area contributed by atoms with Crippen molar-refractivity contribution >= 4 is 11.6 Å². The van der Waals surface area contributed by atoms with Crippen LogP contribution < -0.4 is 5.32 Å². The number of benzene rings is 1. The molecular weight excluding hydrogens is 266 g/mol. The summed E-state index contributed by atoms with van der Waals surface area (Å²) in [5, 5.41) is 4.65. The van der Waals surface area contributed by atoms with E-state index >= 15 is 0 Å². The first-order chi connectivity index (χ1) is 9.73. The lowest BCUT2D eigenvalue weighted by Crippen LogP contribution is -2.40. The zero-order chi connectivity index (χ0) is 14.0. The van der Waals surface area contributed by atoms with Gasteiger partial charge in [-0.05, 0) is 67.5 Å². The van der Waals surface area contributed by atoms with Crippen molar-refractivity contribution in [3.05, 3.63) is 34.9 Å². The first-order valence-corrected chi connectivity index (χ1v) is 8.55. The summed E-state index contributed by atoms with van der Waals surface area (Å²) in [4.78, 5) is 0. The highest BCUT2D eigenvalue weighted by molar-refractivity contribution is 6.31. The summed E-state index contributed by atoms with van der Waals surface area (Å²) in [6, 6.07) is 8.42. The van der Waals surface area contributed by atoms with E-state index in [1.807, 2.05) is 12.1 Å². The third kappa shape index (κ3) is 2.76. The van der Waals surface area contributed by atoms with Gasteiger partial charge in [0.25, 0.3) is 0 Å². The number of fused-ring (bicyclic) bond motifs is 2. The van der Waals surface area contributed by atoms with Crippen LogP contribution in [0.2, 0.25) is 5.02 Å². The van der Waals surface area contributed by atoms with E-state index in [9.17, 15) is 0 Å². The van der Waals surface area contributed by atoms with Crippen LogP contribution in [0.3, 0.4) is 0 Å². The molecule has 110 valence electrons. The third-order valence-electron chi connectivity index (χ3n) is 5.51. The van der Waals surface area contributed by atoms with Crippen molar-refractivity contribution < 1.29 is 0 Å². The van der Waals surface area contributed by atoms with Crippen LogP contribution in [0.1, 0.15) is 44.6 Å². The van der Waals surface area contributed by atoms with Gasteiger partial charge in [0.05, 0.1) is 0 Å². The van der Waals surface area contributed by atoms with E-state index in [4.69, 9.17) is 11.6 Å². The summed E-state index contributed by atoms with van der Waals surface area (Å²) in [5.41, 5.74) is 1.81. The second-order valence-corrected chi connectivity index (χ2v) is 7.29.